The van der Waals surface area contributed by atoms with Crippen LogP contribution in [-0.4, -0.2) is 17.5 Å². The first-order valence-electron chi connectivity index (χ1n) is 4.60. The Hall–Kier alpha value is -1.13. The molecule has 0 saturated heterocycles. The zero-order chi connectivity index (χ0) is 11.2. The highest BCUT2D eigenvalue weighted by molar-refractivity contribution is 5.78. The molecule has 0 saturated carbocycles. The lowest BCUT2D eigenvalue weighted by atomic mass is 9.89. The van der Waals surface area contributed by atoms with Crippen LogP contribution in [0.3, 0.4) is 0 Å². The van der Waals surface area contributed by atoms with Crippen LogP contribution in [0.1, 0.15) is 40.0 Å². The second kappa shape index (κ2) is 5.57. The highest BCUT2D eigenvalue weighted by Gasteiger charge is 2.15. The fourth-order valence-corrected chi connectivity index (χ4v) is 1.09. The Morgan fingerprint density at radius 3 is 2.43 bits per heavy atom. The van der Waals surface area contributed by atoms with E-state index in [4.69, 9.17) is 0 Å². The molecule has 5 nitrogen and oxygen atoms in total. The molecule has 0 aromatic rings. The Morgan fingerprint density at radius 1 is 1.43 bits per heavy atom. The number of nitrogens with zero attached hydrogens (tertiary/aromatic N) is 1. The number of rotatable bonds is 6. The number of Topliss-reactive ketones (excluding diaryl/α,β-unsaturated/α-hetero) is 1. The number of carbonyl (C=O) groups is 1. The Kier molecular flexibility index (Phi) is 5.12. The van der Waals surface area contributed by atoms with Crippen LogP contribution in [0.25, 0.3) is 0 Å². The van der Waals surface area contributed by atoms with Crippen LogP contribution in [0.15, 0.2) is 0 Å². The molecule has 0 unspecified atom stereocenters. The molecule has 5 heteroatoms. The molecule has 0 heterocycles. The van der Waals surface area contributed by atoms with Gasteiger partial charge in [-0.2, -0.15) is 0 Å². The van der Waals surface area contributed by atoms with Gasteiger partial charge in [-0.1, -0.05) is 20.8 Å². The van der Waals surface area contributed by atoms with E-state index in [1.165, 1.54) is 0 Å². The lowest BCUT2D eigenvalue weighted by Crippen LogP contribution is -2.13. The monoisotopic (exact) mass is 203 g/mol. The summed E-state index contributed by atoms with van der Waals surface area (Å²) in [6.07, 6.45) is 1.27. The van der Waals surface area contributed by atoms with Crippen LogP contribution < -0.4 is 0 Å². The molecule has 0 aromatic carbocycles. The van der Waals surface area contributed by atoms with Crippen molar-refractivity contribution < 1.29 is 14.7 Å². The summed E-state index contributed by atoms with van der Waals surface area (Å²) in [5.74, 6) is 0.129. The number of ketones is 1. The summed E-state index contributed by atoms with van der Waals surface area (Å²) >= 11 is 0. The van der Waals surface area contributed by atoms with Gasteiger partial charge in [0.2, 0.25) is 0 Å². The van der Waals surface area contributed by atoms with Crippen LogP contribution in [0, 0.1) is 15.5 Å². The maximum atomic E-state index is 11.3. The van der Waals surface area contributed by atoms with E-state index < -0.39 is 5.09 Å². The molecule has 0 aromatic heterocycles. The van der Waals surface area contributed by atoms with Crippen LogP contribution in [-0.2, 0) is 9.63 Å². The molecule has 0 aliphatic carbocycles. The summed E-state index contributed by atoms with van der Waals surface area (Å²) in [4.78, 5) is 25.1. The van der Waals surface area contributed by atoms with E-state index in [-0.39, 0.29) is 17.8 Å². The molecule has 0 aliphatic heterocycles. The highest BCUT2D eigenvalue weighted by atomic mass is 16.9. The Labute approximate surface area is 83.5 Å². The summed E-state index contributed by atoms with van der Waals surface area (Å²) in [6.45, 7) is 5.96. The lowest BCUT2D eigenvalue weighted by Gasteiger charge is -2.16. The minimum atomic E-state index is -0.839. The van der Waals surface area contributed by atoms with Gasteiger partial charge in [0.05, 0.1) is 6.61 Å². The summed E-state index contributed by atoms with van der Waals surface area (Å²) in [5.41, 5.74) is -0.0129. The maximum absolute atomic E-state index is 11.3. The summed E-state index contributed by atoms with van der Waals surface area (Å²) in [6, 6.07) is 0. The van der Waals surface area contributed by atoms with E-state index in [0.717, 1.165) is 0 Å². The SMILES string of the molecule is CC(C)(C)CC(=O)CCCO[N+](=O)[O-]. The Balaban J connectivity index is 3.50. The highest BCUT2D eigenvalue weighted by Crippen LogP contribution is 2.19. The molecule has 14 heavy (non-hydrogen) atoms. The molecule has 0 aliphatic rings. The second-order valence-corrected chi connectivity index (χ2v) is 4.44. The fraction of sp³-hybridized carbons (Fsp3) is 0.889. The average molecular weight is 203 g/mol. The molecular weight excluding hydrogens is 186 g/mol. The minimum Gasteiger partial charge on any atom is -0.314 e. The molecule has 0 radical (unpaired) electrons. The van der Waals surface area contributed by atoms with Gasteiger partial charge >= 0.3 is 0 Å². The number of hydrogen-bond acceptors (Lipinski definition) is 4. The van der Waals surface area contributed by atoms with Gasteiger partial charge in [-0.05, 0) is 11.8 Å². The molecule has 0 spiro atoms. The summed E-state index contributed by atoms with van der Waals surface area (Å²) in [7, 11) is 0. The number of carbonyl (C=O) groups excluding carboxylic acids is 1. The standard InChI is InChI=1S/C9H17NO4/c1-9(2,3)7-8(11)5-4-6-14-10(12)13/h4-7H2,1-3H3. The first-order valence-corrected chi connectivity index (χ1v) is 4.60. The molecule has 0 fully saturated rings. The number of hydrogen-bond donors (Lipinski definition) is 0. The predicted octanol–water partition coefficient (Wildman–Crippen LogP) is 1.98. The maximum Gasteiger partial charge on any atom is 0.294 e. The van der Waals surface area contributed by atoms with Crippen molar-refractivity contribution in [3.8, 4) is 0 Å². The van der Waals surface area contributed by atoms with Gasteiger partial charge in [-0.3, -0.25) is 4.79 Å². The van der Waals surface area contributed by atoms with Crippen LogP contribution in [0.4, 0.5) is 0 Å². The fourth-order valence-electron chi connectivity index (χ4n) is 1.09. The zero-order valence-electron chi connectivity index (χ0n) is 8.91. The molecule has 0 N–H and O–H groups in total. The lowest BCUT2D eigenvalue weighted by molar-refractivity contribution is -0.757. The third-order valence-corrected chi connectivity index (χ3v) is 1.52. The average Bonchev–Trinajstić information content (AvgIpc) is 1.94. The third-order valence-electron chi connectivity index (χ3n) is 1.52. The first kappa shape index (κ1) is 12.9. The van der Waals surface area contributed by atoms with Crippen molar-refractivity contribution in [2.24, 2.45) is 5.41 Å². The van der Waals surface area contributed by atoms with Crippen LogP contribution >= 0.6 is 0 Å². The van der Waals surface area contributed by atoms with E-state index in [0.29, 0.717) is 19.3 Å². The molecular formula is C9H17NO4. The van der Waals surface area contributed by atoms with Crippen molar-refractivity contribution in [1.29, 1.82) is 0 Å². The van der Waals surface area contributed by atoms with Gasteiger partial charge in [0.1, 0.15) is 5.78 Å². The van der Waals surface area contributed by atoms with Crippen molar-refractivity contribution in [1.82, 2.24) is 0 Å². The van der Waals surface area contributed by atoms with Crippen LogP contribution in [0.2, 0.25) is 0 Å². The second-order valence-electron chi connectivity index (χ2n) is 4.44. The largest absolute Gasteiger partial charge is 0.314 e. The molecule has 0 rings (SSSR count). The molecule has 82 valence electrons. The normalized spacial score (nSPS) is 11.1. The third kappa shape index (κ3) is 8.96. The van der Waals surface area contributed by atoms with E-state index >= 15 is 0 Å². The van der Waals surface area contributed by atoms with E-state index in [2.05, 4.69) is 4.84 Å². The Morgan fingerprint density at radius 2 is 2.00 bits per heavy atom. The van der Waals surface area contributed by atoms with Gasteiger partial charge in [0, 0.05) is 12.8 Å². The zero-order valence-corrected chi connectivity index (χ0v) is 8.91. The van der Waals surface area contributed by atoms with Crippen molar-refractivity contribution in [3.05, 3.63) is 10.1 Å². The van der Waals surface area contributed by atoms with Gasteiger partial charge in [-0.25, -0.2) is 0 Å². The van der Waals surface area contributed by atoms with Crippen molar-refractivity contribution in [2.75, 3.05) is 6.61 Å². The quantitative estimate of drug-likeness (QED) is 0.376. The molecule has 0 atom stereocenters. The smallest absolute Gasteiger partial charge is 0.294 e. The van der Waals surface area contributed by atoms with Crippen molar-refractivity contribution >= 4 is 5.78 Å². The molecule has 0 bridgehead atoms. The molecule has 0 amide bonds. The topological polar surface area (TPSA) is 69.4 Å². The van der Waals surface area contributed by atoms with Gasteiger partial charge in [0.15, 0.2) is 0 Å². The van der Waals surface area contributed by atoms with E-state index in [1.54, 1.807) is 0 Å². The first-order chi connectivity index (χ1) is 6.31. The summed E-state index contributed by atoms with van der Waals surface area (Å²) < 4.78 is 0. The van der Waals surface area contributed by atoms with Gasteiger partial charge in [0.25, 0.3) is 5.09 Å². The van der Waals surface area contributed by atoms with Crippen molar-refractivity contribution in [2.45, 2.75) is 40.0 Å². The van der Waals surface area contributed by atoms with Crippen LogP contribution in [0.5, 0.6) is 0 Å². The van der Waals surface area contributed by atoms with Gasteiger partial charge < -0.3 is 4.84 Å². The van der Waals surface area contributed by atoms with E-state index in [9.17, 15) is 14.9 Å². The van der Waals surface area contributed by atoms with Crippen molar-refractivity contribution in [3.63, 3.8) is 0 Å². The summed E-state index contributed by atoms with van der Waals surface area (Å²) in [5, 5.41) is 8.93. The predicted molar refractivity (Wildman–Crippen MR) is 51.3 cm³/mol. The van der Waals surface area contributed by atoms with Gasteiger partial charge in [-0.15, -0.1) is 10.1 Å². The van der Waals surface area contributed by atoms with E-state index in [1.807, 2.05) is 20.8 Å². The minimum absolute atomic E-state index is 0.00286. The Bertz CT molecular complexity index is 207.